The number of carboxylic acids is 1. The van der Waals surface area contributed by atoms with Gasteiger partial charge >= 0.3 is 5.97 Å². The lowest BCUT2D eigenvalue weighted by Crippen LogP contribution is -2.25. The summed E-state index contributed by atoms with van der Waals surface area (Å²) in [5.74, 6) is -1.30. The van der Waals surface area contributed by atoms with Gasteiger partial charge in [0.05, 0.1) is 5.92 Å². The fourth-order valence-electron chi connectivity index (χ4n) is 1.17. The molecule has 1 aromatic carbocycles. The van der Waals surface area contributed by atoms with E-state index in [1.165, 1.54) is 0 Å². The molecule has 0 aliphatic heterocycles. The van der Waals surface area contributed by atoms with Gasteiger partial charge in [0, 0.05) is 6.54 Å². The predicted octanol–water partition coefficient (Wildman–Crippen LogP) is 0.889. The molecule has 0 heterocycles. The average molecular weight is 179 g/mol. The Labute approximate surface area is 77.2 Å². The summed E-state index contributed by atoms with van der Waals surface area (Å²) in [4.78, 5) is 10.7. The highest BCUT2D eigenvalue weighted by Crippen LogP contribution is 2.07. The van der Waals surface area contributed by atoms with E-state index in [9.17, 15) is 4.79 Å². The molecule has 1 atom stereocenters. The van der Waals surface area contributed by atoms with Crippen molar-refractivity contribution in [2.24, 2.45) is 11.7 Å². The third kappa shape index (κ3) is 2.87. The van der Waals surface area contributed by atoms with Crippen LogP contribution in [0, 0.1) is 5.92 Å². The summed E-state index contributed by atoms with van der Waals surface area (Å²) in [5.41, 5.74) is 6.35. The number of aliphatic carboxylic acids is 1. The van der Waals surface area contributed by atoms with Crippen molar-refractivity contribution in [3.05, 3.63) is 35.9 Å². The highest BCUT2D eigenvalue weighted by molar-refractivity contribution is 5.70. The third-order valence-corrected chi connectivity index (χ3v) is 1.96. The van der Waals surface area contributed by atoms with Gasteiger partial charge in [-0.3, -0.25) is 4.79 Å². The highest BCUT2D eigenvalue weighted by Gasteiger charge is 2.15. The van der Waals surface area contributed by atoms with Gasteiger partial charge in [0.1, 0.15) is 0 Å². The zero-order valence-corrected chi connectivity index (χ0v) is 7.31. The molecule has 0 spiro atoms. The molecule has 0 saturated carbocycles. The molecule has 3 heteroatoms. The van der Waals surface area contributed by atoms with E-state index in [1.54, 1.807) is 0 Å². The number of rotatable bonds is 4. The van der Waals surface area contributed by atoms with Crippen molar-refractivity contribution < 1.29 is 9.90 Å². The van der Waals surface area contributed by atoms with Gasteiger partial charge in [-0.15, -0.1) is 0 Å². The molecule has 0 saturated heterocycles. The van der Waals surface area contributed by atoms with Crippen molar-refractivity contribution in [3.8, 4) is 0 Å². The van der Waals surface area contributed by atoms with Crippen LogP contribution in [0.5, 0.6) is 0 Å². The molecular formula is C10H13NO2. The van der Waals surface area contributed by atoms with E-state index >= 15 is 0 Å². The molecule has 0 aromatic heterocycles. The molecule has 0 aliphatic rings. The molecule has 0 amide bonds. The summed E-state index contributed by atoms with van der Waals surface area (Å²) in [7, 11) is 0. The van der Waals surface area contributed by atoms with Gasteiger partial charge in [-0.2, -0.15) is 0 Å². The van der Waals surface area contributed by atoms with Crippen molar-refractivity contribution in [3.63, 3.8) is 0 Å². The molecule has 3 nitrogen and oxygen atoms in total. The molecule has 0 bridgehead atoms. The number of nitrogens with two attached hydrogens (primary N) is 1. The minimum absolute atomic E-state index is 0.185. The number of hydrogen-bond donors (Lipinski definition) is 2. The van der Waals surface area contributed by atoms with E-state index < -0.39 is 11.9 Å². The summed E-state index contributed by atoms with van der Waals surface area (Å²) in [6.07, 6.45) is 0.507. The van der Waals surface area contributed by atoms with Crippen LogP contribution in [0.1, 0.15) is 5.56 Å². The van der Waals surface area contributed by atoms with E-state index in [0.717, 1.165) is 5.56 Å². The van der Waals surface area contributed by atoms with E-state index in [-0.39, 0.29) is 6.54 Å². The summed E-state index contributed by atoms with van der Waals surface area (Å²) in [6.45, 7) is 0.185. The molecule has 1 aromatic rings. The van der Waals surface area contributed by atoms with Crippen molar-refractivity contribution >= 4 is 5.97 Å². The Bertz CT molecular complexity index is 272. The molecule has 0 fully saturated rings. The number of carboxylic acid groups (broad SMARTS) is 1. The van der Waals surface area contributed by atoms with Crippen LogP contribution in [-0.2, 0) is 11.2 Å². The van der Waals surface area contributed by atoms with Gasteiger partial charge in [0.2, 0.25) is 0 Å². The Morgan fingerprint density at radius 3 is 2.46 bits per heavy atom. The second-order valence-electron chi connectivity index (χ2n) is 2.96. The molecular weight excluding hydrogens is 166 g/mol. The first-order valence-electron chi connectivity index (χ1n) is 4.21. The fraction of sp³-hybridized carbons (Fsp3) is 0.300. The molecule has 3 N–H and O–H groups in total. The maximum absolute atomic E-state index is 10.7. The van der Waals surface area contributed by atoms with Crippen molar-refractivity contribution in [2.45, 2.75) is 6.42 Å². The summed E-state index contributed by atoms with van der Waals surface area (Å²) >= 11 is 0. The van der Waals surface area contributed by atoms with Crippen LogP contribution < -0.4 is 5.73 Å². The van der Waals surface area contributed by atoms with Gasteiger partial charge in [-0.25, -0.2) is 0 Å². The maximum atomic E-state index is 10.7. The Balaban J connectivity index is 2.62. The lowest BCUT2D eigenvalue weighted by atomic mass is 10.00. The minimum atomic E-state index is -0.827. The first-order valence-corrected chi connectivity index (χ1v) is 4.21. The molecule has 0 aliphatic carbocycles. The van der Waals surface area contributed by atoms with Crippen molar-refractivity contribution in [2.75, 3.05) is 6.54 Å². The first kappa shape index (κ1) is 9.74. The van der Waals surface area contributed by atoms with Crippen LogP contribution in [0.3, 0.4) is 0 Å². The summed E-state index contributed by atoms with van der Waals surface area (Å²) in [5, 5.41) is 8.75. The standard InChI is InChI=1S/C10H13NO2/c11-7-9(10(12)13)6-8-4-2-1-3-5-8/h1-5,9H,6-7,11H2,(H,12,13)/t9-/m1/s1. The molecule has 1 rings (SSSR count). The Kier molecular flexibility index (Phi) is 3.46. The second kappa shape index (κ2) is 4.62. The number of carbonyl (C=O) groups is 1. The Morgan fingerprint density at radius 2 is 2.00 bits per heavy atom. The normalized spacial score (nSPS) is 12.4. The van der Waals surface area contributed by atoms with Crippen molar-refractivity contribution in [1.82, 2.24) is 0 Å². The van der Waals surface area contributed by atoms with Crippen LogP contribution >= 0.6 is 0 Å². The monoisotopic (exact) mass is 179 g/mol. The highest BCUT2D eigenvalue weighted by atomic mass is 16.4. The zero-order valence-electron chi connectivity index (χ0n) is 7.31. The number of benzene rings is 1. The third-order valence-electron chi connectivity index (χ3n) is 1.96. The van der Waals surface area contributed by atoms with Crippen LogP contribution in [-0.4, -0.2) is 17.6 Å². The van der Waals surface area contributed by atoms with Crippen molar-refractivity contribution in [1.29, 1.82) is 0 Å². The average Bonchev–Trinajstić information content (AvgIpc) is 2.15. The van der Waals surface area contributed by atoms with E-state index in [2.05, 4.69) is 0 Å². The lowest BCUT2D eigenvalue weighted by molar-refractivity contribution is -0.141. The maximum Gasteiger partial charge on any atom is 0.308 e. The molecule has 13 heavy (non-hydrogen) atoms. The topological polar surface area (TPSA) is 63.3 Å². The van der Waals surface area contributed by atoms with E-state index in [1.807, 2.05) is 30.3 Å². The lowest BCUT2D eigenvalue weighted by Gasteiger charge is -2.08. The quantitative estimate of drug-likeness (QED) is 0.721. The van der Waals surface area contributed by atoms with Crippen LogP contribution in [0.25, 0.3) is 0 Å². The van der Waals surface area contributed by atoms with Gasteiger partial charge in [0.25, 0.3) is 0 Å². The summed E-state index contributed by atoms with van der Waals surface area (Å²) < 4.78 is 0. The zero-order chi connectivity index (χ0) is 9.68. The largest absolute Gasteiger partial charge is 0.481 e. The van der Waals surface area contributed by atoms with E-state index in [0.29, 0.717) is 6.42 Å². The van der Waals surface area contributed by atoms with Gasteiger partial charge in [0.15, 0.2) is 0 Å². The SMILES string of the molecule is NC[C@@H](Cc1ccccc1)C(=O)O. The second-order valence-corrected chi connectivity index (χ2v) is 2.96. The predicted molar refractivity (Wildman–Crippen MR) is 50.3 cm³/mol. The molecule has 70 valence electrons. The Morgan fingerprint density at radius 1 is 1.38 bits per heavy atom. The first-order chi connectivity index (χ1) is 6.24. The van der Waals surface area contributed by atoms with Gasteiger partial charge in [-0.1, -0.05) is 30.3 Å². The smallest absolute Gasteiger partial charge is 0.308 e. The molecule has 0 radical (unpaired) electrons. The van der Waals surface area contributed by atoms with Crippen LogP contribution in [0.4, 0.5) is 0 Å². The van der Waals surface area contributed by atoms with Gasteiger partial charge in [-0.05, 0) is 12.0 Å². The van der Waals surface area contributed by atoms with Crippen LogP contribution in [0.2, 0.25) is 0 Å². The van der Waals surface area contributed by atoms with Gasteiger partial charge < -0.3 is 10.8 Å². The minimum Gasteiger partial charge on any atom is -0.481 e. The number of hydrogen-bond acceptors (Lipinski definition) is 2. The van der Waals surface area contributed by atoms with E-state index in [4.69, 9.17) is 10.8 Å². The Hall–Kier alpha value is -1.35. The fourth-order valence-corrected chi connectivity index (χ4v) is 1.17. The van der Waals surface area contributed by atoms with Crippen LogP contribution in [0.15, 0.2) is 30.3 Å². The molecule has 0 unspecified atom stereocenters. The summed E-state index contributed by atoms with van der Waals surface area (Å²) in [6, 6.07) is 9.51.